The largest absolute Gasteiger partial charge is 0.457 e. The molecule has 7 heteroatoms. The normalized spacial score (nSPS) is 10.8. The molecule has 0 saturated carbocycles. The smallest absolute Gasteiger partial charge is 0.270 e. The molecule has 21 heavy (non-hydrogen) atoms. The minimum atomic E-state index is -0.681. The van der Waals surface area contributed by atoms with E-state index < -0.39 is 10.8 Å². The van der Waals surface area contributed by atoms with Crippen LogP contribution in [0.3, 0.4) is 0 Å². The molecule has 2 rings (SSSR count). The first-order chi connectivity index (χ1) is 10.0. The lowest BCUT2D eigenvalue weighted by Gasteiger charge is -2.02. The summed E-state index contributed by atoms with van der Waals surface area (Å²) in [5, 5.41) is 19.2. The third-order valence-electron chi connectivity index (χ3n) is 2.83. The van der Waals surface area contributed by atoms with Gasteiger partial charge in [-0.3, -0.25) is 20.1 Å². The first-order valence-electron chi connectivity index (χ1n) is 5.98. The maximum absolute atomic E-state index is 10.9. The molecule has 7 nitrogen and oxygen atoms in total. The van der Waals surface area contributed by atoms with Crippen molar-refractivity contribution in [3.05, 3.63) is 57.8 Å². The number of hydrogen-bond acceptors (Lipinski definition) is 5. The van der Waals surface area contributed by atoms with Crippen LogP contribution in [-0.4, -0.2) is 16.0 Å². The van der Waals surface area contributed by atoms with Crippen LogP contribution in [0.15, 0.2) is 40.8 Å². The Balaban J connectivity index is 2.33. The minimum absolute atomic E-state index is 0.0243. The predicted molar refractivity (Wildman–Crippen MR) is 74.5 cm³/mol. The van der Waals surface area contributed by atoms with E-state index in [-0.39, 0.29) is 5.69 Å². The molecule has 0 saturated heterocycles. The number of amides is 1. The second kappa shape index (κ2) is 6.02. The summed E-state index contributed by atoms with van der Waals surface area (Å²) in [4.78, 5) is 21.2. The van der Waals surface area contributed by atoms with Gasteiger partial charge < -0.3 is 4.42 Å². The number of hydroxylamine groups is 1. The lowest BCUT2D eigenvalue weighted by Crippen LogP contribution is -2.14. The van der Waals surface area contributed by atoms with Crippen molar-refractivity contribution in [1.82, 2.24) is 5.48 Å². The second-order valence-corrected chi connectivity index (χ2v) is 4.27. The Morgan fingerprint density at radius 2 is 2.14 bits per heavy atom. The first-order valence-corrected chi connectivity index (χ1v) is 5.98. The van der Waals surface area contributed by atoms with Gasteiger partial charge in [0.1, 0.15) is 11.5 Å². The number of nitrogens with zero attached hydrogens (tertiary/aromatic N) is 1. The van der Waals surface area contributed by atoms with E-state index in [1.54, 1.807) is 18.2 Å². The van der Waals surface area contributed by atoms with Crippen LogP contribution in [0.25, 0.3) is 17.4 Å². The fraction of sp³-hybridized carbons (Fsp3) is 0.0714. The van der Waals surface area contributed by atoms with Gasteiger partial charge in [-0.2, -0.15) is 0 Å². The molecule has 0 aliphatic carbocycles. The Morgan fingerprint density at radius 1 is 1.38 bits per heavy atom. The standard InChI is InChI=1S/C14H12N2O5/c1-9-2-3-10(16(19)20)8-12(9)13-6-4-11(21-13)5-7-14(17)15-18/h2-8,18H,1H3,(H,15,17)/b7-5+. The number of carbonyl (C=O) groups excluding carboxylic acids is 1. The molecule has 0 aliphatic rings. The lowest BCUT2D eigenvalue weighted by molar-refractivity contribution is -0.384. The summed E-state index contributed by atoms with van der Waals surface area (Å²) in [6.07, 6.45) is 2.48. The fourth-order valence-electron chi connectivity index (χ4n) is 1.77. The highest BCUT2D eigenvalue weighted by Gasteiger charge is 2.12. The van der Waals surface area contributed by atoms with E-state index in [0.717, 1.165) is 11.6 Å². The molecule has 0 aliphatic heterocycles. The Bertz CT molecular complexity index is 718. The van der Waals surface area contributed by atoms with Gasteiger partial charge in [0.25, 0.3) is 11.6 Å². The van der Waals surface area contributed by atoms with Crippen LogP contribution in [-0.2, 0) is 4.79 Å². The number of nitro groups is 1. The minimum Gasteiger partial charge on any atom is -0.457 e. The lowest BCUT2D eigenvalue weighted by atomic mass is 10.1. The van der Waals surface area contributed by atoms with Crippen LogP contribution in [0.5, 0.6) is 0 Å². The molecular formula is C14H12N2O5. The van der Waals surface area contributed by atoms with Crippen LogP contribution < -0.4 is 5.48 Å². The van der Waals surface area contributed by atoms with Crippen molar-refractivity contribution in [2.24, 2.45) is 0 Å². The number of hydrogen-bond donors (Lipinski definition) is 2. The number of nitro benzene ring substituents is 1. The molecular weight excluding hydrogens is 276 g/mol. The molecule has 0 atom stereocenters. The average molecular weight is 288 g/mol. The van der Waals surface area contributed by atoms with E-state index in [0.29, 0.717) is 17.1 Å². The average Bonchev–Trinajstić information content (AvgIpc) is 2.93. The van der Waals surface area contributed by atoms with Crippen molar-refractivity contribution < 1.29 is 19.3 Å². The topological polar surface area (TPSA) is 106 Å². The van der Waals surface area contributed by atoms with Crippen molar-refractivity contribution >= 4 is 17.7 Å². The molecule has 1 amide bonds. The van der Waals surface area contributed by atoms with Gasteiger partial charge in [-0.1, -0.05) is 6.07 Å². The predicted octanol–water partition coefficient (Wildman–Crippen LogP) is 2.68. The van der Waals surface area contributed by atoms with Crippen molar-refractivity contribution in [1.29, 1.82) is 0 Å². The van der Waals surface area contributed by atoms with Crippen molar-refractivity contribution in [3.8, 4) is 11.3 Å². The summed E-state index contributed by atoms with van der Waals surface area (Å²) in [6, 6.07) is 7.78. The zero-order chi connectivity index (χ0) is 15.4. The van der Waals surface area contributed by atoms with Crippen molar-refractivity contribution in [3.63, 3.8) is 0 Å². The Hall–Kier alpha value is -2.93. The first kappa shape index (κ1) is 14.5. The summed E-state index contributed by atoms with van der Waals surface area (Å²) < 4.78 is 5.51. The maximum Gasteiger partial charge on any atom is 0.270 e. The highest BCUT2D eigenvalue weighted by Crippen LogP contribution is 2.29. The Kier molecular flexibility index (Phi) is 4.15. The monoisotopic (exact) mass is 288 g/mol. The zero-order valence-electron chi connectivity index (χ0n) is 11.1. The van der Waals surface area contributed by atoms with Gasteiger partial charge in [0.05, 0.1) is 4.92 Å². The number of rotatable bonds is 4. The van der Waals surface area contributed by atoms with E-state index in [9.17, 15) is 14.9 Å². The maximum atomic E-state index is 10.9. The van der Waals surface area contributed by atoms with Gasteiger partial charge >= 0.3 is 0 Å². The van der Waals surface area contributed by atoms with E-state index in [2.05, 4.69) is 0 Å². The molecule has 0 bridgehead atoms. The van der Waals surface area contributed by atoms with Gasteiger partial charge in [-0.25, -0.2) is 5.48 Å². The van der Waals surface area contributed by atoms with E-state index in [4.69, 9.17) is 9.62 Å². The Labute approximate surface area is 119 Å². The van der Waals surface area contributed by atoms with Gasteiger partial charge in [0.2, 0.25) is 0 Å². The summed E-state index contributed by atoms with van der Waals surface area (Å²) >= 11 is 0. The van der Waals surface area contributed by atoms with E-state index >= 15 is 0 Å². The van der Waals surface area contributed by atoms with Crippen LogP contribution in [0.2, 0.25) is 0 Å². The third-order valence-corrected chi connectivity index (χ3v) is 2.83. The number of nitrogens with one attached hydrogen (secondary N) is 1. The zero-order valence-corrected chi connectivity index (χ0v) is 11.1. The number of non-ortho nitro benzene ring substituents is 1. The van der Waals surface area contributed by atoms with Gasteiger partial charge in [0.15, 0.2) is 0 Å². The van der Waals surface area contributed by atoms with Crippen LogP contribution >= 0.6 is 0 Å². The number of furan rings is 1. The quantitative estimate of drug-likeness (QED) is 0.389. The number of aryl methyl sites for hydroxylation is 1. The number of carbonyl (C=O) groups is 1. The molecule has 1 aromatic carbocycles. The molecule has 108 valence electrons. The molecule has 1 heterocycles. The van der Waals surface area contributed by atoms with Crippen molar-refractivity contribution in [2.75, 3.05) is 0 Å². The summed E-state index contributed by atoms with van der Waals surface area (Å²) in [5.74, 6) is 0.166. The number of benzene rings is 1. The summed E-state index contributed by atoms with van der Waals surface area (Å²) in [7, 11) is 0. The Morgan fingerprint density at radius 3 is 2.81 bits per heavy atom. The molecule has 0 spiro atoms. The molecule has 0 fully saturated rings. The second-order valence-electron chi connectivity index (χ2n) is 4.27. The molecule has 2 aromatic rings. The molecule has 0 radical (unpaired) electrons. The summed E-state index contributed by atoms with van der Waals surface area (Å²) in [5.41, 5.74) is 2.87. The molecule has 1 aromatic heterocycles. The fourth-order valence-corrected chi connectivity index (χ4v) is 1.77. The highest BCUT2D eigenvalue weighted by molar-refractivity contribution is 5.90. The third kappa shape index (κ3) is 3.34. The van der Waals surface area contributed by atoms with Gasteiger partial charge in [-0.05, 0) is 30.7 Å². The van der Waals surface area contributed by atoms with E-state index in [1.807, 2.05) is 6.92 Å². The van der Waals surface area contributed by atoms with Crippen molar-refractivity contribution in [2.45, 2.75) is 6.92 Å². The SMILES string of the molecule is Cc1ccc([N+](=O)[O-])cc1-c1ccc(/C=C/C(=O)NO)o1. The summed E-state index contributed by atoms with van der Waals surface area (Å²) in [6.45, 7) is 1.82. The van der Waals surface area contributed by atoms with Crippen LogP contribution in [0, 0.1) is 17.0 Å². The van der Waals surface area contributed by atoms with Crippen LogP contribution in [0.4, 0.5) is 5.69 Å². The van der Waals surface area contributed by atoms with Crippen LogP contribution in [0.1, 0.15) is 11.3 Å². The molecule has 0 unspecified atom stereocenters. The molecule has 2 N–H and O–H groups in total. The highest BCUT2D eigenvalue weighted by atomic mass is 16.6. The van der Waals surface area contributed by atoms with Gasteiger partial charge in [-0.15, -0.1) is 0 Å². The van der Waals surface area contributed by atoms with Gasteiger partial charge in [0, 0.05) is 23.8 Å². The van der Waals surface area contributed by atoms with E-state index in [1.165, 1.54) is 23.7 Å².